The quantitative estimate of drug-likeness (QED) is 0.803. The van der Waals surface area contributed by atoms with Crippen molar-refractivity contribution < 1.29 is 10.2 Å². The molecule has 1 aliphatic heterocycles. The fourth-order valence-corrected chi connectivity index (χ4v) is 2.46. The van der Waals surface area contributed by atoms with Crippen molar-refractivity contribution in [3.05, 3.63) is 35.4 Å². The molecule has 0 aromatic heterocycles. The van der Waals surface area contributed by atoms with Gasteiger partial charge < -0.3 is 10.2 Å². The molecule has 1 aromatic carbocycles. The molecule has 3 nitrogen and oxygen atoms in total. The summed E-state index contributed by atoms with van der Waals surface area (Å²) in [5.74, 6) is 5.94. The fraction of sp³-hybridized carbons (Fsp3) is 0.500. The second-order valence-electron chi connectivity index (χ2n) is 4.92. The monoisotopic (exact) mass is 259 g/mol. The van der Waals surface area contributed by atoms with Crippen molar-refractivity contribution in [2.24, 2.45) is 0 Å². The van der Waals surface area contributed by atoms with E-state index >= 15 is 0 Å². The Kier molecular flexibility index (Phi) is 5.41. The van der Waals surface area contributed by atoms with Crippen LogP contribution in [0.15, 0.2) is 24.3 Å². The van der Waals surface area contributed by atoms with Gasteiger partial charge in [0.25, 0.3) is 0 Å². The third-order valence-electron chi connectivity index (χ3n) is 3.52. The average molecular weight is 259 g/mol. The Morgan fingerprint density at radius 2 is 2.00 bits per heavy atom. The molecule has 1 aliphatic rings. The maximum absolute atomic E-state index is 9.30. The lowest BCUT2D eigenvalue weighted by atomic mass is 10.1. The van der Waals surface area contributed by atoms with Crippen molar-refractivity contribution in [3.63, 3.8) is 0 Å². The zero-order valence-corrected chi connectivity index (χ0v) is 11.2. The highest BCUT2D eigenvalue weighted by Gasteiger charge is 2.23. The lowest BCUT2D eigenvalue weighted by Gasteiger charge is -2.22. The molecule has 1 fully saturated rings. The molecule has 1 unspecified atom stereocenters. The maximum atomic E-state index is 9.30. The van der Waals surface area contributed by atoms with Gasteiger partial charge in [-0.15, -0.1) is 0 Å². The molecule has 1 saturated heterocycles. The van der Waals surface area contributed by atoms with Gasteiger partial charge in [0.05, 0.1) is 13.2 Å². The fourth-order valence-electron chi connectivity index (χ4n) is 2.46. The van der Waals surface area contributed by atoms with Crippen LogP contribution in [-0.4, -0.2) is 40.9 Å². The van der Waals surface area contributed by atoms with Gasteiger partial charge in [0.2, 0.25) is 0 Å². The standard InChI is InChI=1S/C16H21NO2/c18-11-2-1-4-14-6-8-15(9-7-14)12-17-10-3-5-16(17)13-19/h6-9,16,18-19H,2-3,5,10-13H2. The summed E-state index contributed by atoms with van der Waals surface area (Å²) < 4.78 is 0. The minimum atomic E-state index is 0.114. The smallest absolute Gasteiger partial charge is 0.0587 e. The van der Waals surface area contributed by atoms with E-state index in [1.165, 1.54) is 12.0 Å². The van der Waals surface area contributed by atoms with Crippen LogP contribution in [0.2, 0.25) is 0 Å². The van der Waals surface area contributed by atoms with Gasteiger partial charge in [-0.1, -0.05) is 24.0 Å². The molecule has 0 aliphatic carbocycles. The number of aliphatic hydroxyl groups excluding tert-OH is 2. The molecular formula is C16H21NO2. The summed E-state index contributed by atoms with van der Waals surface area (Å²) in [6.45, 7) is 2.34. The van der Waals surface area contributed by atoms with Crippen molar-refractivity contribution >= 4 is 0 Å². The van der Waals surface area contributed by atoms with Gasteiger partial charge in [-0.3, -0.25) is 4.90 Å². The van der Waals surface area contributed by atoms with E-state index < -0.39 is 0 Å². The second kappa shape index (κ2) is 7.30. The van der Waals surface area contributed by atoms with E-state index in [2.05, 4.69) is 28.9 Å². The summed E-state index contributed by atoms with van der Waals surface area (Å²) in [5.41, 5.74) is 2.24. The summed E-state index contributed by atoms with van der Waals surface area (Å²) in [6, 6.07) is 8.54. The first-order valence-electron chi connectivity index (χ1n) is 6.87. The highest BCUT2D eigenvalue weighted by atomic mass is 16.3. The molecular weight excluding hydrogens is 238 g/mol. The first-order valence-corrected chi connectivity index (χ1v) is 6.87. The SMILES string of the molecule is OCCC#Cc1ccc(CN2CCCC2CO)cc1. The normalized spacial score (nSPS) is 19.2. The predicted octanol–water partition coefficient (Wildman–Crippen LogP) is 1.38. The van der Waals surface area contributed by atoms with Crippen molar-refractivity contribution in [3.8, 4) is 11.8 Å². The Bertz CT molecular complexity index is 444. The summed E-state index contributed by atoms with van der Waals surface area (Å²) in [6.07, 6.45) is 2.80. The number of benzene rings is 1. The summed E-state index contributed by atoms with van der Waals surface area (Å²) in [7, 11) is 0. The van der Waals surface area contributed by atoms with Gasteiger partial charge in [0.1, 0.15) is 0 Å². The highest BCUT2D eigenvalue weighted by Crippen LogP contribution is 2.19. The Hall–Kier alpha value is -1.34. The van der Waals surface area contributed by atoms with E-state index in [1.807, 2.05) is 12.1 Å². The molecule has 0 bridgehead atoms. The number of hydrogen-bond acceptors (Lipinski definition) is 3. The summed E-state index contributed by atoms with van der Waals surface area (Å²) in [4.78, 5) is 2.34. The lowest BCUT2D eigenvalue weighted by molar-refractivity contribution is 0.153. The van der Waals surface area contributed by atoms with Crippen LogP contribution in [0, 0.1) is 11.8 Å². The minimum absolute atomic E-state index is 0.114. The van der Waals surface area contributed by atoms with Crippen LogP contribution < -0.4 is 0 Å². The molecule has 0 radical (unpaired) electrons. The molecule has 0 amide bonds. The maximum Gasteiger partial charge on any atom is 0.0587 e. The Labute approximate surface area is 114 Å². The molecule has 0 spiro atoms. The molecule has 1 heterocycles. The first kappa shape index (κ1) is 14.1. The number of nitrogens with zero attached hydrogens (tertiary/aromatic N) is 1. The molecule has 3 heteroatoms. The second-order valence-corrected chi connectivity index (χ2v) is 4.92. The first-order chi connectivity index (χ1) is 9.33. The van der Waals surface area contributed by atoms with E-state index in [0.717, 1.165) is 25.1 Å². The van der Waals surface area contributed by atoms with E-state index in [0.29, 0.717) is 12.5 Å². The topological polar surface area (TPSA) is 43.7 Å². The minimum Gasteiger partial charge on any atom is -0.395 e. The summed E-state index contributed by atoms with van der Waals surface area (Å²) >= 11 is 0. The van der Waals surface area contributed by atoms with E-state index in [1.54, 1.807) is 0 Å². The zero-order valence-electron chi connectivity index (χ0n) is 11.2. The number of aliphatic hydroxyl groups is 2. The van der Waals surface area contributed by atoms with Gasteiger partial charge >= 0.3 is 0 Å². The highest BCUT2D eigenvalue weighted by molar-refractivity contribution is 5.36. The predicted molar refractivity (Wildman–Crippen MR) is 75.5 cm³/mol. The van der Waals surface area contributed by atoms with Gasteiger partial charge in [-0.2, -0.15) is 0 Å². The molecule has 0 saturated carbocycles. The van der Waals surface area contributed by atoms with Crippen LogP contribution in [-0.2, 0) is 6.54 Å². The average Bonchev–Trinajstić information content (AvgIpc) is 2.88. The van der Waals surface area contributed by atoms with Crippen LogP contribution in [0.4, 0.5) is 0 Å². The molecule has 19 heavy (non-hydrogen) atoms. The van der Waals surface area contributed by atoms with Crippen molar-refractivity contribution in [2.45, 2.75) is 31.8 Å². The molecule has 2 N–H and O–H groups in total. The number of rotatable bonds is 4. The number of hydrogen-bond donors (Lipinski definition) is 2. The molecule has 1 atom stereocenters. The van der Waals surface area contributed by atoms with Crippen molar-refractivity contribution in [1.29, 1.82) is 0 Å². The van der Waals surface area contributed by atoms with Gasteiger partial charge in [0, 0.05) is 24.6 Å². The van der Waals surface area contributed by atoms with Crippen molar-refractivity contribution in [2.75, 3.05) is 19.8 Å². The van der Waals surface area contributed by atoms with Crippen LogP contribution >= 0.6 is 0 Å². The van der Waals surface area contributed by atoms with E-state index in [-0.39, 0.29) is 13.2 Å². The van der Waals surface area contributed by atoms with Gasteiger partial charge in [-0.25, -0.2) is 0 Å². The third kappa shape index (κ3) is 4.07. The van der Waals surface area contributed by atoms with E-state index in [4.69, 9.17) is 5.11 Å². The number of likely N-dealkylation sites (tertiary alicyclic amines) is 1. The van der Waals surface area contributed by atoms with Crippen molar-refractivity contribution in [1.82, 2.24) is 4.90 Å². The van der Waals surface area contributed by atoms with Crippen LogP contribution in [0.25, 0.3) is 0 Å². The largest absolute Gasteiger partial charge is 0.395 e. The van der Waals surface area contributed by atoms with Crippen LogP contribution in [0.3, 0.4) is 0 Å². The zero-order chi connectivity index (χ0) is 13.5. The molecule has 2 rings (SSSR count). The van der Waals surface area contributed by atoms with Gasteiger partial charge in [0.15, 0.2) is 0 Å². The summed E-state index contributed by atoms with van der Waals surface area (Å²) in [5, 5.41) is 18.0. The third-order valence-corrected chi connectivity index (χ3v) is 3.52. The molecule has 102 valence electrons. The van der Waals surface area contributed by atoms with Crippen LogP contribution in [0.5, 0.6) is 0 Å². The Balaban J connectivity index is 1.93. The Morgan fingerprint density at radius 3 is 2.68 bits per heavy atom. The van der Waals surface area contributed by atoms with Gasteiger partial charge in [-0.05, 0) is 37.1 Å². The lowest BCUT2D eigenvalue weighted by Crippen LogP contribution is -2.31. The Morgan fingerprint density at radius 1 is 1.21 bits per heavy atom. The van der Waals surface area contributed by atoms with Crippen LogP contribution in [0.1, 0.15) is 30.4 Å². The van der Waals surface area contributed by atoms with E-state index in [9.17, 15) is 5.11 Å². The molecule has 1 aromatic rings.